The molecule has 1 unspecified atom stereocenters. The molecule has 2 aromatic rings. The summed E-state index contributed by atoms with van der Waals surface area (Å²) in [6, 6.07) is 15.5. The minimum Gasteiger partial charge on any atom is -0.462 e. The van der Waals surface area contributed by atoms with E-state index in [1.165, 1.54) is 54.4 Å². The van der Waals surface area contributed by atoms with Crippen LogP contribution in [0.5, 0.6) is 0 Å². The van der Waals surface area contributed by atoms with Gasteiger partial charge in [0.25, 0.3) is 0 Å². The summed E-state index contributed by atoms with van der Waals surface area (Å²) in [5.41, 5.74) is 6.48. The predicted molar refractivity (Wildman–Crippen MR) is 188 cm³/mol. The van der Waals surface area contributed by atoms with Crippen molar-refractivity contribution in [3.63, 3.8) is 0 Å². The van der Waals surface area contributed by atoms with Crippen LogP contribution in [0.1, 0.15) is 102 Å². The van der Waals surface area contributed by atoms with Crippen molar-refractivity contribution in [2.45, 2.75) is 105 Å². The van der Waals surface area contributed by atoms with Crippen molar-refractivity contribution in [2.75, 3.05) is 26.4 Å². The molecule has 254 valence electrons. The minimum atomic E-state index is -0.582. The first kappa shape index (κ1) is 39.0. The Hall–Kier alpha value is -3.22. The third-order valence-electron chi connectivity index (χ3n) is 9.14. The van der Waals surface area contributed by atoms with Crippen LogP contribution < -0.4 is 0 Å². The van der Waals surface area contributed by atoms with Crippen LogP contribution in [-0.4, -0.2) is 48.6 Å². The highest BCUT2D eigenvalue weighted by atomic mass is 16.5. The van der Waals surface area contributed by atoms with Crippen molar-refractivity contribution in [3.8, 4) is 11.1 Å². The summed E-state index contributed by atoms with van der Waals surface area (Å²) < 4.78 is 11.3. The average molecular weight is 635 g/mol. The number of carbonyl (C=O) groups is 2. The Bertz CT molecular complexity index is 1240. The summed E-state index contributed by atoms with van der Waals surface area (Å²) in [4.78, 5) is 25.1. The Morgan fingerprint density at radius 1 is 0.804 bits per heavy atom. The molecule has 0 radical (unpaired) electrons. The molecule has 46 heavy (non-hydrogen) atoms. The van der Waals surface area contributed by atoms with Crippen LogP contribution in [0.4, 0.5) is 0 Å². The number of unbranched alkanes of at least 4 members (excludes halogenated alkanes) is 4. The number of ether oxygens (including phenoxy) is 2. The van der Waals surface area contributed by atoms with Gasteiger partial charge in [-0.15, -0.1) is 0 Å². The third-order valence-corrected chi connectivity index (χ3v) is 9.14. The maximum absolute atomic E-state index is 12.8. The third kappa shape index (κ3) is 12.9. The zero-order chi connectivity index (χ0) is 34.0. The number of aliphatic hydroxyl groups is 2. The summed E-state index contributed by atoms with van der Waals surface area (Å²) in [6.45, 7) is 15.5. The van der Waals surface area contributed by atoms with Crippen LogP contribution in [0.2, 0.25) is 0 Å². The number of benzene rings is 2. The number of aryl methyl sites for hydroxylation is 3. The molecular weight excluding hydrogens is 576 g/mol. The molecule has 0 amide bonds. The summed E-state index contributed by atoms with van der Waals surface area (Å²) in [5, 5.41) is 18.6. The van der Waals surface area contributed by atoms with Gasteiger partial charge in [0.05, 0.1) is 0 Å². The Balaban J connectivity index is 2.10. The maximum Gasteiger partial charge on any atom is 0.333 e. The Kier molecular flexibility index (Phi) is 17.6. The van der Waals surface area contributed by atoms with Gasteiger partial charge in [0.15, 0.2) is 0 Å². The molecule has 0 bridgehead atoms. The highest BCUT2D eigenvalue weighted by Crippen LogP contribution is 2.32. The zero-order valence-electron chi connectivity index (χ0n) is 28.9. The SMILES string of the molecule is C=C(C)C(=O)OCC(CC)(CCc1ccc(-c2ccc(CCCCCCC)c(CC)c2)cc1)COC(=O)C(=C)CCC(CO)CO. The molecule has 0 aliphatic rings. The molecule has 0 aromatic heterocycles. The zero-order valence-corrected chi connectivity index (χ0v) is 28.9. The van der Waals surface area contributed by atoms with E-state index in [2.05, 4.69) is 69.5 Å². The second-order valence-electron chi connectivity index (χ2n) is 12.9. The second-order valence-corrected chi connectivity index (χ2v) is 12.9. The molecule has 6 nitrogen and oxygen atoms in total. The van der Waals surface area contributed by atoms with E-state index in [1.807, 2.05) is 6.92 Å². The van der Waals surface area contributed by atoms with E-state index in [0.29, 0.717) is 31.3 Å². The van der Waals surface area contributed by atoms with E-state index in [0.717, 1.165) is 24.8 Å². The quantitative estimate of drug-likeness (QED) is 0.0725. The molecule has 0 heterocycles. The van der Waals surface area contributed by atoms with Crippen molar-refractivity contribution in [2.24, 2.45) is 11.3 Å². The van der Waals surface area contributed by atoms with Gasteiger partial charge in [-0.1, -0.05) is 102 Å². The second kappa shape index (κ2) is 20.8. The lowest BCUT2D eigenvalue weighted by Crippen LogP contribution is -2.35. The number of hydrogen-bond acceptors (Lipinski definition) is 6. The van der Waals surface area contributed by atoms with Gasteiger partial charge >= 0.3 is 11.9 Å². The van der Waals surface area contributed by atoms with Crippen LogP contribution in [0.15, 0.2) is 66.8 Å². The fourth-order valence-electron chi connectivity index (χ4n) is 5.52. The first-order valence-electron chi connectivity index (χ1n) is 17.2. The van der Waals surface area contributed by atoms with Gasteiger partial charge in [-0.25, -0.2) is 9.59 Å². The van der Waals surface area contributed by atoms with Crippen LogP contribution in [0.25, 0.3) is 11.1 Å². The largest absolute Gasteiger partial charge is 0.462 e. The highest BCUT2D eigenvalue weighted by molar-refractivity contribution is 5.88. The van der Waals surface area contributed by atoms with Gasteiger partial charge in [-0.2, -0.15) is 0 Å². The van der Waals surface area contributed by atoms with E-state index in [1.54, 1.807) is 6.92 Å². The number of carbonyl (C=O) groups excluding carboxylic acids is 2. The fraction of sp³-hybridized carbons (Fsp3) is 0.550. The number of rotatable bonds is 23. The normalized spacial score (nSPS) is 12.5. The molecule has 2 N–H and O–H groups in total. The van der Waals surface area contributed by atoms with E-state index >= 15 is 0 Å². The minimum absolute atomic E-state index is 0.0804. The van der Waals surface area contributed by atoms with Crippen LogP contribution in [-0.2, 0) is 38.3 Å². The summed E-state index contributed by atoms with van der Waals surface area (Å²) in [7, 11) is 0. The first-order valence-corrected chi connectivity index (χ1v) is 17.2. The number of esters is 2. The van der Waals surface area contributed by atoms with Crippen LogP contribution in [0.3, 0.4) is 0 Å². The van der Waals surface area contributed by atoms with E-state index in [9.17, 15) is 19.8 Å². The van der Waals surface area contributed by atoms with Gasteiger partial charge in [0, 0.05) is 35.7 Å². The van der Waals surface area contributed by atoms with E-state index in [4.69, 9.17) is 9.47 Å². The summed E-state index contributed by atoms with van der Waals surface area (Å²) in [6.07, 6.45) is 11.4. The molecule has 0 aliphatic carbocycles. The monoisotopic (exact) mass is 634 g/mol. The maximum atomic E-state index is 12.8. The molecule has 0 aliphatic heterocycles. The first-order chi connectivity index (χ1) is 22.1. The van der Waals surface area contributed by atoms with Gasteiger partial charge in [-0.3, -0.25) is 0 Å². The summed E-state index contributed by atoms with van der Waals surface area (Å²) in [5.74, 6) is -1.28. The van der Waals surface area contributed by atoms with Crippen molar-refractivity contribution in [1.82, 2.24) is 0 Å². The van der Waals surface area contributed by atoms with Gasteiger partial charge in [0.2, 0.25) is 0 Å². The molecule has 2 aromatic carbocycles. The Morgan fingerprint density at radius 2 is 1.43 bits per heavy atom. The lowest BCUT2D eigenvalue weighted by molar-refractivity contribution is -0.150. The van der Waals surface area contributed by atoms with Gasteiger partial charge < -0.3 is 19.7 Å². The average Bonchev–Trinajstić information content (AvgIpc) is 3.08. The van der Waals surface area contributed by atoms with Crippen molar-refractivity contribution in [1.29, 1.82) is 0 Å². The lowest BCUT2D eigenvalue weighted by atomic mass is 9.81. The van der Waals surface area contributed by atoms with Crippen LogP contribution >= 0.6 is 0 Å². The number of hydrogen-bond donors (Lipinski definition) is 2. The molecule has 0 saturated heterocycles. The Morgan fingerprint density at radius 3 is 2.02 bits per heavy atom. The smallest absolute Gasteiger partial charge is 0.333 e. The van der Waals surface area contributed by atoms with Gasteiger partial charge in [0.1, 0.15) is 13.2 Å². The Labute approximate surface area is 277 Å². The van der Waals surface area contributed by atoms with Crippen LogP contribution in [0, 0.1) is 11.3 Å². The van der Waals surface area contributed by atoms with E-state index in [-0.39, 0.29) is 37.9 Å². The molecule has 0 spiro atoms. The van der Waals surface area contributed by atoms with E-state index < -0.39 is 17.4 Å². The van der Waals surface area contributed by atoms with Crippen molar-refractivity contribution >= 4 is 11.9 Å². The molecule has 6 heteroatoms. The highest BCUT2D eigenvalue weighted by Gasteiger charge is 2.32. The fourth-order valence-corrected chi connectivity index (χ4v) is 5.52. The summed E-state index contributed by atoms with van der Waals surface area (Å²) >= 11 is 0. The molecule has 0 saturated carbocycles. The van der Waals surface area contributed by atoms with Gasteiger partial charge in [-0.05, 0) is 86.1 Å². The lowest BCUT2D eigenvalue weighted by Gasteiger charge is -2.32. The molecule has 2 rings (SSSR count). The topological polar surface area (TPSA) is 93.1 Å². The molecule has 0 fully saturated rings. The predicted octanol–water partition coefficient (Wildman–Crippen LogP) is 8.36. The van der Waals surface area contributed by atoms with Crippen molar-refractivity contribution in [3.05, 3.63) is 83.5 Å². The molecular formula is C40H58O6. The number of aliphatic hydroxyl groups excluding tert-OH is 2. The van der Waals surface area contributed by atoms with Crippen molar-refractivity contribution < 1.29 is 29.3 Å². The standard InChI is InChI=1S/C40H58O6/c1-7-10-11-12-13-14-35-21-22-37(25-34(35)8-2)36-19-17-32(18-20-36)23-24-40(9-3,28-45-38(43)30(4)5)29-46-39(44)31(6)15-16-33(26-41)27-42/h17-22,25,33,41-42H,4,6-16,23-24,26-29H2,1-3,5H3. The molecule has 1 atom stereocenters.